The predicted molar refractivity (Wildman–Crippen MR) is 51.3 cm³/mol. The number of hydrogen-bond acceptors (Lipinski definition) is 2. The van der Waals surface area contributed by atoms with Crippen LogP contribution in [0.1, 0.15) is 33.1 Å². The van der Waals surface area contributed by atoms with Crippen molar-refractivity contribution >= 4 is 0 Å². The molecule has 2 aliphatic heterocycles. The summed E-state index contributed by atoms with van der Waals surface area (Å²) >= 11 is 0. The number of ether oxygens (including phenoxy) is 1. The Morgan fingerprint density at radius 3 is 2.77 bits per heavy atom. The highest BCUT2D eigenvalue weighted by Gasteiger charge is 2.65. The summed E-state index contributed by atoms with van der Waals surface area (Å²) in [7, 11) is 0. The van der Waals surface area contributed by atoms with Crippen molar-refractivity contribution < 1.29 is 4.74 Å². The van der Waals surface area contributed by atoms with Crippen molar-refractivity contribution in [2.75, 3.05) is 6.54 Å². The zero-order chi connectivity index (χ0) is 9.05. The van der Waals surface area contributed by atoms with Crippen LogP contribution < -0.4 is 5.32 Å². The minimum absolute atomic E-state index is 0.422. The standard InChI is InChI=1S/C11H19NO/c1-7(2)8-3-6-12-10-9(13-10)11(8)4-5-11/h7-10,12H,3-6H2,1-2H3/t8-,9?,10?/m0/s1. The van der Waals surface area contributed by atoms with E-state index in [-0.39, 0.29) is 0 Å². The molecule has 74 valence electrons. The van der Waals surface area contributed by atoms with Crippen LogP contribution in [0.15, 0.2) is 0 Å². The molecule has 3 atom stereocenters. The first kappa shape index (κ1) is 8.25. The Morgan fingerprint density at radius 2 is 2.15 bits per heavy atom. The summed E-state index contributed by atoms with van der Waals surface area (Å²) in [6.45, 7) is 5.90. The Kier molecular flexibility index (Phi) is 1.58. The first-order valence-electron chi connectivity index (χ1n) is 5.63. The second-order valence-corrected chi connectivity index (χ2v) is 5.30. The number of rotatable bonds is 1. The summed E-state index contributed by atoms with van der Waals surface area (Å²) in [5, 5.41) is 3.48. The zero-order valence-corrected chi connectivity index (χ0v) is 8.55. The third-order valence-corrected chi connectivity index (χ3v) is 4.23. The van der Waals surface area contributed by atoms with Crippen LogP contribution in [0, 0.1) is 17.3 Å². The fourth-order valence-electron chi connectivity index (χ4n) is 3.38. The van der Waals surface area contributed by atoms with Crippen molar-refractivity contribution in [1.82, 2.24) is 5.32 Å². The Morgan fingerprint density at radius 1 is 1.38 bits per heavy atom. The van der Waals surface area contributed by atoms with Crippen LogP contribution in [-0.4, -0.2) is 18.9 Å². The van der Waals surface area contributed by atoms with Gasteiger partial charge in [0.15, 0.2) is 0 Å². The number of epoxide rings is 1. The molecule has 1 N–H and O–H groups in total. The van der Waals surface area contributed by atoms with Gasteiger partial charge in [0, 0.05) is 5.41 Å². The molecule has 1 aliphatic carbocycles. The van der Waals surface area contributed by atoms with E-state index in [4.69, 9.17) is 4.74 Å². The molecule has 3 fully saturated rings. The zero-order valence-electron chi connectivity index (χ0n) is 8.55. The molecule has 2 heteroatoms. The van der Waals surface area contributed by atoms with E-state index in [0.717, 1.165) is 18.4 Å². The lowest BCUT2D eigenvalue weighted by atomic mass is 9.77. The van der Waals surface area contributed by atoms with Crippen molar-refractivity contribution in [3.63, 3.8) is 0 Å². The maximum Gasteiger partial charge on any atom is 0.135 e. The predicted octanol–water partition coefficient (Wildman–Crippen LogP) is 1.76. The van der Waals surface area contributed by atoms with Crippen LogP contribution in [0.2, 0.25) is 0 Å². The molecule has 2 saturated heterocycles. The second-order valence-electron chi connectivity index (χ2n) is 5.30. The van der Waals surface area contributed by atoms with E-state index >= 15 is 0 Å². The summed E-state index contributed by atoms with van der Waals surface area (Å²) in [5.41, 5.74) is 0.600. The smallest absolute Gasteiger partial charge is 0.135 e. The normalized spacial score (nSPS) is 45.9. The highest BCUT2D eigenvalue weighted by Crippen LogP contribution is 2.64. The molecule has 0 bridgehead atoms. The molecule has 3 rings (SSSR count). The average Bonchev–Trinajstić information content (AvgIpc) is 2.91. The van der Waals surface area contributed by atoms with E-state index in [2.05, 4.69) is 19.2 Å². The Labute approximate surface area is 80.0 Å². The van der Waals surface area contributed by atoms with Crippen molar-refractivity contribution in [3.05, 3.63) is 0 Å². The molecule has 3 aliphatic rings. The lowest BCUT2D eigenvalue weighted by Crippen LogP contribution is -2.26. The van der Waals surface area contributed by atoms with Gasteiger partial charge in [-0.05, 0) is 37.6 Å². The molecule has 0 aromatic heterocycles. The van der Waals surface area contributed by atoms with Crippen molar-refractivity contribution in [1.29, 1.82) is 0 Å². The minimum atomic E-state index is 0.422. The highest BCUT2D eigenvalue weighted by molar-refractivity contribution is 5.13. The fraction of sp³-hybridized carbons (Fsp3) is 1.00. The molecule has 2 unspecified atom stereocenters. The monoisotopic (exact) mass is 181 g/mol. The van der Waals surface area contributed by atoms with Gasteiger partial charge in [0.25, 0.3) is 0 Å². The summed E-state index contributed by atoms with van der Waals surface area (Å²) < 4.78 is 5.70. The minimum Gasteiger partial charge on any atom is -0.353 e. The molecule has 1 spiro atoms. The first-order chi connectivity index (χ1) is 6.24. The van der Waals surface area contributed by atoms with E-state index in [0.29, 0.717) is 17.7 Å². The maximum absolute atomic E-state index is 5.70. The van der Waals surface area contributed by atoms with Gasteiger partial charge in [0.2, 0.25) is 0 Å². The van der Waals surface area contributed by atoms with Crippen LogP contribution in [0.25, 0.3) is 0 Å². The average molecular weight is 181 g/mol. The second kappa shape index (κ2) is 2.48. The van der Waals surface area contributed by atoms with Gasteiger partial charge >= 0.3 is 0 Å². The molecular formula is C11H19NO. The maximum atomic E-state index is 5.70. The van der Waals surface area contributed by atoms with Gasteiger partial charge in [-0.1, -0.05) is 13.8 Å². The summed E-state index contributed by atoms with van der Waals surface area (Å²) in [6, 6.07) is 0. The van der Waals surface area contributed by atoms with Crippen LogP contribution in [-0.2, 0) is 4.74 Å². The molecule has 1 saturated carbocycles. The van der Waals surface area contributed by atoms with Gasteiger partial charge in [-0.3, -0.25) is 5.32 Å². The summed E-state index contributed by atoms with van der Waals surface area (Å²) in [6.07, 6.45) is 5.18. The SMILES string of the molecule is CC(C)[C@@H]1CCNC2OC2C12CC2. The molecule has 2 heterocycles. The van der Waals surface area contributed by atoms with Crippen molar-refractivity contribution in [2.45, 2.75) is 45.4 Å². The Hall–Kier alpha value is -0.0800. The largest absolute Gasteiger partial charge is 0.353 e. The van der Waals surface area contributed by atoms with Gasteiger partial charge in [-0.15, -0.1) is 0 Å². The molecular weight excluding hydrogens is 162 g/mol. The van der Waals surface area contributed by atoms with E-state index < -0.39 is 0 Å². The van der Waals surface area contributed by atoms with Crippen molar-refractivity contribution in [3.8, 4) is 0 Å². The lowest BCUT2D eigenvalue weighted by molar-refractivity contribution is 0.160. The van der Waals surface area contributed by atoms with Crippen LogP contribution in [0.5, 0.6) is 0 Å². The molecule has 0 radical (unpaired) electrons. The van der Waals surface area contributed by atoms with Crippen LogP contribution in [0.3, 0.4) is 0 Å². The topological polar surface area (TPSA) is 24.6 Å². The van der Waals surface area contributed by atoms with E-state index in [1.165, 1.54) is 19.3 Å². The van der Waals surface area contributed by atoms with Crippen LogP contribution >= 0.6 is 0 Å². The van der Waals surface area contributed by atoms with Gasteiger partial charge in [-0.25, -0.2) is 0 Å². The number of fused-ring (bicyclic) bond motifs is 2. The third kappa shape index (κ3) is 1.08. The quantitative estimate of drug-likeness (QED) is 0.623. The van der Waals surface area contributed by atoms with Gasteiger partial charge in [-0.2, -0.15) is 0 Å². The summed E-state index contributed by atoms with van der Waals surface area (Å²) in [5.74, 6) is 1.73. The molecule has 0 aromatic carbocycles. The van der Waals surface area contributed by atoms with E-state index in [1.54, 1.807) is 0 Å². The first-order valence-corrected chi connectivity index (χ1v) is 5.63. The van der Waals surface area contributed by atoms with E-state index in [1.807, 2.05) is 0 Å². The Bertz CT molecular complexity index is 222. The summed E-state index contributed by atoms with van der Waals surface area (Å²) in [4.78, 5) is 0. The fourth-order valence-corrected chi connectivity index (χ4v) is 3.38. The number of nitrogens with one attached hydrogen (secondary N) is 1. The third-order valence-electron chi connectivity index (χ3n) is 4.23. The Balaban J connectivity index is 1.84. The van der Waals surface area contributed by atoms with Gasteiger partial charge in [0.1, 0.15) is 12.3 Å². The molecule has 0 amide bonds. The van der Waals surface area contributed by atoms with E-state index in [9.17, 15) is 0 Å². The number of hydrogen-bond donors (Lipinski definition) is 1. The highest BCUT2D eigenvalue weighted by atomic mass is 16.6. The molecule has 2 nitrogen and oxygen atoms in total. The van der Waals surface area contributed by atoms with Gasteiger partial charge in [0.05, 0.1) is 0 Å². The van der Waals surface area contributed by atoms with Crippen molar-refractivity contribution in [2.24, 2.45) is 17.3 Å². The molecule has 13 heavy (non-hydrogen) atoms. The van der Waals surface area contributed by atoms with Crippen LogP contribution in [0.4, 0.5) is 0 Å². The molecule has 0 aromatic rings. The van der Waals surface area contributed by atoms with Gasteiger partial charge < -0.3 is 4.74 Å². The lowest BCUT2D eigenvalue weighted by Gasteiger charge is -2.27.